The molecule has 1 aromatic rings. The van der Waals surface area contributed by atoms with Crippen LogP contribution in [0.2, 0.25) is 0 Å². The first kappa shape index (κ1) is 14.8. The van der Waals surface area contributed by atoms with E-state index in [1.807, 2.05) is 12.1 Å². The maximum atomic E-state index is 11.0. The summed E-state index contributed by atoms with van der Waals surface area (Å²) in [6.07, 6.45) is 3.92. The van der Waals surface area contributed by atoms with Gasteiger partial charge in [-0.05, 0) is 31.5 Å². The molecular weight excluding hydrogens is 334 g/mol. The van der Waals surface area contributed by atoms with E-state index in [4.69, 9.17) is 0 Å². The second kappa shape index (κ2) is 6.32. The Labute approximate surface area is 133 Å². The van der Waals surface area contributed by atoms with Gasteiger partial charge in [-0.15, -0.1) is 0 Å². The summed E-state index contributed by atoms with van der Waals surface area (Å²) in [6, 6.07) is 6.14. The fraction of sp³-hybridized carbons (Fsp3) is 0.600. The number of hydrogen-bond acceptors (Lipinski definition) is 4. The number of anilines is 1. The van der Waals surface area contributed by atoms with Crippen LogP contribution in [0.1, 0.15) is 24.8 Å². The van der Waals surface area contributed by atoms with E-state index >= 15 is 0 Å². The molecule has 3 rings (SSSR count). The topological polar surface area (TPSA) is 49.6 Å². The zero-order valence-electron chi connectivity index (χ0n) is 12.0. The van der Waals surface area contributed by atoms with Gasteiger partial charge >= 0.3 is 0 Å². The summed E-state index contributed by atoms with van der Waals surface area (Å²) < 4.78 is 0. The van der Waals surface area contributed by atoms with Crippen LogP contribution in [0.3, 0.4) is 0 Å². The van der Waals surface area contributed by atoms with Gasteiger partial charge in [0.25, 0.3) is 5.69 Å². The summed E-state index contributed by atoms with van der Waals surface area (Å²) in [6.45, 7) is 4.38. The maximum absolute atomic E-state index is 11.0. The smallest absolute Gasteiger partial charge is 0.273 e. The van der Waals surface area contributed by atoms with Gasteiger partial charge in [-0.25, -0.2) is 0 Å². The highest BCUT2D eigenvalue weighted by Gasteiger charge is 2.29. The monoisotopic (exact) mass is 353 g/mol. The van der Waals surface area contributed by atoms with Crippen LogP contribution in [-0.4, -0.2) is 42.0 Å². The van der Waals surface area contributed by atoms with Crippen LogP contribution in [0, 0.1) is 10.1 Å². The molecule has 6 heteroatoms. The molecule has 2 saturated heterocycles. The van der Waals surface area contributed by atoms with Crippen molar-refractivity contribution in [2.75, 3.05) is 31.1 Å². The molecule has 0 N–H and O–H groups in total. The maximum Gasteiger partial charge on any atom is 0.273 e. The third-order valence-electron chi connectivity index (χ3n) is 4.61. The highest BCUT2D eigenvalue weighted by molar-refractivity contribution is 9.08. The molecule has 2 aliphatic rings. The molecular formula is C15H20BrN3O2. The van der Waals surface area contributed by atoms with Crippen molar-refractivity contribution in [1.29, 1.82) is 0 Å². The molecule has 2 fully saturated rings. The van der Waals surface area contributed by atoms with Crippen LogP contribution >= 0.6 is 15.9 Å². The van der Waals surface area contributed by atoms with Crippen molar-refractivity contribution < 1.29 is 4.92 Å². The summed E-state index contributed by atoms with van der Waals surface area (Å²) in [5, 5.41) is 11.5. The molecule has 0 bridgehead atoms. The second-order valence-electron chi connectivity index (χ2n) is 5.84. The lowest BCUT2D eigenvalue weighted by Crippen LogP contribution is -2.54. The van der Waals surface area contributed by atoms with Crippen molar-refractivity contribution in [2.24, 2.45) is 0 Å². The number of alkyl halides is 1. The van der Waals surface area contributed by atoms with Gasteiger partial charge in [0.05, 0.1) is 4.92 Å². The van der Waals surface area contributed by atoms with Crippen LogP contribution in [0.4, 0.5) is 11.4 Å². The number of nitro groups is 1. The van der Waals surface area contributed by atoms with Crippen LogP contribution in [0.25, 0.3) is 0 Å². The minimum Gasteiger partial charge on any atom is -0.369 e. The predicted octanol–water partition coefficient (Wildman–Crippen LogP) is 3.16. The Morgan fingerprint density at radius 1 is 1.29 bits per heavy atom. The summed E-state index contributed by atoms with van der Waals surface area (Å²) in [5.74, 6) is 0. The number of halogens is 1. The fourth-order valence-corrected chi connectivity index (χ4v) is 3.89. The first-order chi connectivity index (χ1) is 10.2. The van der Waals surface area contributed by atoms with E-state index in [2.05, 4.69) is 25.7 Å². The van der Waals surface area contributed by atoms with Crippen molar-refractivity contribution in [3.8, 4) is 0 Å². The molecule has 0 spiro atoms. The number of benzene rings is 1. The Hall–Kier alpha value is -1.14. The first-order valence-electron chi connectivity index (χ1n) is 7.51. The van der Waals surface area contributed by atoms with Gasteiger partial charge in [0, 0.05) is 48.3 Å². The number of piperazine rings is 1. The number of piperidine rings is 1. The summed E-state index contributed by atoms with van der Waals surface area (Å²) in [7, 11) is 0. The van der Waals surface area contributed by atoms with E-state index in [1.165, 1.54) is 25.8 Å². The molecule has 21 heavy (non-hydrogen) atoms. The van der Waals surface area contributed by atoms with E-state index in [0.29, 0.717) is 11.4 Å². The van der Waals surface area contributed by atoms with Gasteiger partial charge in [0.2, 0.25) is 0 Å². The molecule has 0 aromatic heterocycles. The largest absolute Gasteiger partial charge is 0.369 e. The van der Waals surface area contributed by atoms with Crippen LogP contribution in [0.15, 0.2) is 18.2 Å². The SMILES string of the molecule is O=[N+]([O-])c1ccc(N2CCN3CCCCC3C2)cc1CBr. The summed E-state index contributed by atoms with van der Waals surface area (Å²) >= 11 is 3.36. The van der Waals surface area contributed by atoms with E-state index in [1.54, 1.807) is 6.07 Å². The van der Waals surface area contributed by atoms with Crippen molar-refractivity contribution in [3.05, 3.63) is 33.9 Å². The van der Waals surface area contributed by atoms with Gasteiger partial charge in [-0.3, -0.25) is 15.0 Å². The van der Waals surface area contributed by atoms with Crippen molar-refractivity contribution in [2.45, 2.75) is 30.6 Å². The van der Waals surface area contributed by atoms with E-state index in [-0.39, 0.29) is 10.6 Å². The minimum absolute atomic E-state index is 0.201. The Balaban J connectivity index is 1.79. The molecule has 1 atom stereocenters. The van der Waals surface area contributed by atoms with Gasteiger partial charge in [-0.1, -0.05) is 22.4 Å². The fourth-order valence-electron chi connectivity index (χ4n) is 3.44. The highest BCUT2D eigenvalue weighted by atomic mass is 79.9. The van der Waals surface area contributed by atoms with Crippen LogP contribution < -0.4 is 4.90 Å². The third kappa shape index (κ3) is 3.06. The van der Waals surface area contributed by atoms with Gasteiger partial charge in [0.15, 0.2) is 0 Å². The molecule has 0 aliphatic carbocycles. The zero-order chi connectivity index (χ0) is 14.8. The minimum atomic E-state index is -0.306. The molecule has 5 nitrogen and oxygen atoms in total. The molecule has 2 heterocycles. The third-order valence-corrected chi connectivity index (χ3v) is 5.21. The number of nitro benzene ring substituents is 1. The summed E-state index contributed by atoms with van der Waals surface area (Å²) in [5.41, 5.74) is 2.07. The second-order valence-corrected chi connectivity index (χ2v) is 6.40. The quantitative estimate of drug-likeness (QED) is 0.475. The number of hydrogen-bond donors (Lipinski definition) is 0. The molecule has 1 aromatic carbocycles. The van der Waals surface area contributed by atoms with E-state index in [0.717, 1.165) is 30.9 Å². The van der Waals surface area contributed by atoms with E-state index < -0.39 is 0 Å². The van der Waals surface area contributed by atoms with Gasteiger partial charge < -0.3 is 4.90 Å². The van der Waals surface area contributed by atoms with Crippen LogP contribution in [0.5, 0.6) is 0 Å². The molecule has 1 unspecified atom stereocenters. The normalized spacial score (nSPS) is 22.9. The molecule has 0 saturated carbocycles. The predicted molar refractivity (Wildman–Crippen MR) is 87.2 cm³/mol. The molecule has 0 amide bonds. The lowest BCUT2D eigenvalue weighted by atomic mass is 9.99. The van der Waals surface area contributed by atoms with Crippen molar-refractivity contribution in [1.82, 2.24) is 4.90 Å². The molecule has 114 valence electrons. The zero-order valence-corrected chi connectivity index (χ0v) is 13.6. The Morgan fingerprint density at radius 3 is 2.90 bits per heavy atom. The number of nitrogens with zero attached hydrogens (tertiary/aromatic N) is 3. The number of rotatable bonds is 3. The Bertz CT molecular complexity index is 538. The van der Waals surface area contributed by atoms with Gasteiger partial charge in [-0.2, -0.15) is 0 Å². The van der Waals surface area contributed by atoms with E-state index in [9.17, 15) is 10.1 Å². The highest BCUT2D eigenvalue weighted by Crippen LogP contribution is 2.29. The van der Waals surface area contributed by atoms with Gasteiger partial charge in [0.1, 0.15) is 0 Å². The Morgan fingerprint density at radius 2 is 2.14 bits per heavy atom. The average Bonchev–Trinajstić information content (AvgIpc) is 2.53. The summed E-state index contributed by atoms with van der Waals surface area (Å²) in [4.78, 5) is 15.7. The van der Waals surface area contributed by atoms with Crippen LogP contribution in [-0.2, 0) is 5.33 Å². The first-order valence-corrected chi connectivity index (χ1v) is 8.63. The number of fused-ring (bicyclic) bond motifs is 1. The molecule has 0 radical (unpaired) electrons. The lowest BCUT2D eigenvalue weighted by Gasteiger charge is -2.45. The van der Waals surface area contributed by atoms with Crippen molar-refractivity contribution in [3.63, 3.8) is 0 Å². The standard InChI is InChI=1S/C15H20BrN3O2/c16-10-12-9-13(4-5-15(12)19(20)21)18-8-7-17-6-2-1-3-14(17)11-18/h4-5,9,14H,1-3,6-8,10-11H2. The average molecular weight is 354 g/mol. The van der Waals surface area contributed by atoms with Crippen molar-refractivity contribution >= 4 is 27.3 Å². The Kier molecular flexibility index (Phi) is 4.45. The lowest BCUT2D eigenvalue weighted by molar-refractivity contribution is -0.385. The molecule has 2 aliphatic heterocycles.